The van der Waals surface area contributed by atoms with E-state index >= 15 is 0 Å². The molecule has 1 amide bonds. The van der Waals surface area contributed by atoms with Crippen LogP contribution in [0.4, 0.5) is 10.6 Å². The Bertz CT molecular complexity index is 1300. The number of nitrogens with zero attached hydrogens (tertiary/aromatic N) is 5. The molecule has 3 aromatic rings. The van der Waals surface area contributed by atoms with Gasteiger partial charge in [0.25, 0.3) is 5.16 Å². The molecule has 10 nitrogen and oxygen atoms in total. The summed E-state index contributed by atoms with van der Waals surface area (Å²) >= 11 is 5.93. The number of sulfone groups is 1. The van der Waals surface area contributed by atoms with Crippen LogP contribution in [0.25, 0.3) is 11.2 Å². The number of aromatic nitrogens is 4. The quantitative estimate of drug-likeness (QED) is 0.549. The highest BCUT2D eigenvalue weighted by Crippen LogP contribution is 2.22. The molecule has 1 aromatic carbocycles. The van der Waals surface area contributed by atoms with E-state index in [0.717, 1.165) is 4.57 Å². The lowest BCUT2D eigenvalue weighted by Crippen LogP contribution is -2.38. The number of halogens is 1. The van der Waals surface area contributed by atoms with Gasteiger partial charge in [0.15, 0.2) is 11.5 Å². The number of amides is 1. The van der Waals surface area contributed by atoms with Crippen LogP contribution in [-0.4, -0.2) is 57.8 Å². The highest BCUT2D eigenvalue weighted by molar-refractivity contribution is 7.91. The lowest BCUT2D eigenvalue weighted by atomic mass is 10.2. The third kappa shape index (κ3) is 4.28. The molecule has 0 bridgehead atoms. The number of carbonyl (C=O) groups is 1. The van der Waals surface area contributed by atoms with Crippen molar-refractivity contribution in [3.8, 4) is 0 Å². The maximum atomic E-state index is 13.2. The zero-order chi connectivity index (χ0) is 22.9. The van der Waals surface area contributed by atoms with Crippen LogP contribution in [0.1, 0.15) is 25.8 Å². The van der Waals surface area contributed by atoms with E-state index < -0.39 is 26.7 Å². The molecule has 31 heavy (non-hydrogen) atoms. The minimum absolute atomic E-state index is 0.0278. The molecule has 12 heteroatoms. The number of rotatable bonds is 6. The average Bonchev–Trinajstić information content (AvgIpc) is 3.00. The highest BCUT2D eigenvalue weighted by atomic mass is 35.5. The molecule has 0 fully saturated rings. The maximum absolute atomic E-state index is 13.2. The SMILES string of the molecule is CCCS(=O)(=O)c1nc(N)c2c(n1)n(Cc1ccc(Cl)cc1)c(=O)n2C(=O)N(C)CC. The fraction of sp³-hybridized carbons (Fsp3) is 0.368. The Kier molecular flexibility index (Phi) is 6.37. The van der Waals surface area contributed by atoms with Gasteiger partial charge >= 0.3 is 11.7 Å². The van der Waals surface area contributed by atoms with Crippen molar-refractivity contribution in [2.75, 3.05) is 25.1 Å². The molecule has 0 unspecified atom stereocenters. The summed E-state index contributed by atoms with van der Waals surface area (Å²) in [5.41, 5.74) is 6.01. The molecule has 0 saturated carbocycles. The summed E-state index contributed by atoms with van der Waals surface area (Å²) in [6.45, 7) is 3.85. The van der Waals surface area contributed by atoms with Gasteiger partial charge in [-0.15, -0.1) is 0 Å². The Labute approximate surface area is 184 Å². The summed E-state index contributed by atoms with van der Waals surface area (Å²) in [4.78, 5) is 35.5. The van der Waals surface area contributed by atoms with Gasteiger partial charge < -0.3 is 10.6 Å². The second kappa shape index (κ2) is 8.67. The van der Waals surface area contributed by atoms with Crippen molar-refractivity contribution in [2.24, 2.45) is 0 Å². The number of nitrogen functional groups attached to an aromatic ring is 1. The van der Waals surface area contributed by atoms with Crippen molar-refractivity contribution in [3.63, 3.8) is 0 Å². The minimum atomic E-state index is -3.80. The van der Waals surface area contributed by atoms with Crippen molar-refractivity contribution >= 4 is 44.5 Å². The molecule has 166 valence electrons. The molecule has 0 aliphatic carbocycles. The molecule has 2 heterocycles. The number of hydrogen-bond acceptors (Lipinski definition) is 7. The smallest absolute Gasteiger partial charge is 0.339 e. The standard InChI is InChI=1S/C19H23ClN6O4S/c1-4-10-31(29,30)17-22-15(21)14-16(23-17)25(11-12-6-8-13(20)9-7-12)19(28)26(14)18(27)24(3)5-2/h6-9H,4-5,10-11H2,1-3H3,(H2,21,22,23). The van der Waals surface area contributed by atoms with Crippen molar-refractivity contribution in [1.29, 1.82) is 0 Å². The largest absolute Gasteiger partial charge is 0.382 e. The van der Waals surface area contributed by atoms with E-state index in [1.807, 2.05) is 0 Å². The number of imidazole rings is 1. The van der Waals surface area contributed by atoms with E-state index in [0.29, 0.717) is 23.6 Å². The average molecular weight is 467 g/mol. The van der Waals surface area contributed by atoms with Crippen LogP contribution >= 0.6 is 11.6 Å². The molecule has 2 N–H and O–H groups in total. The van der Waals surface area contributed by atoms with E-state index in [1.165, 1.54) is 16.5 Å². The van der Waals surface area contributed by atoms with Crippen molar-refractivity contribution in [3.05, 3.63) is 45.3 Å². The topological polar surface area (TPSA) is 133 Å². The van der Waals surface area contributed by atoms with Gasteiger partial charge in [-0.3, -0.25) is 4.57 Å². The van der Waals surface area contributed by atoms with Crippen LogP contribution in [0.3, 0.4) is 0 Å². The zero-order valence-corrected chi connectivity index (χ0v) is 18.9. The minimum Gasteiger partial charge on any atom is -0.382 e. The van der Waals surface area contributed by atoms with Crippen LogP contribution in [0, 0.1) is 0 Å². The Balaban J connectivity index is 2.32. The molecule has 3 rings (SSSR count). The molecule has 0 spiro atoms. The van der Waals surface area contributed by atoms with Crippen molar-refractivity contribution < 1.29 is 13.2 Å². The Morgan fingerprint density at radius 1 is 1.19 bits per heavy atom. The summed E-state index contributed by atoms with van der Waals surface area (Å²) in [5, 5.41) is 0.0513. The van der Waals surface area contributed by atoms with Gasteiger partial charge in [0.05, 0.1) is 12.3 Å². The predicted octanol–water partition coefficient (Wildman–Crippen LogP) is 1.98. The second-order valence-electron chi connectivity index (χ2n) is 7.01. The van der Waals surface area contributed by atoms with E-state index in [-0.39, 0.29) is 29.3 Å². The Morgan fingerprint density at radius 2 is 1.84 bits per heavy atom. The van der Waals surface area contributed by atoms with Gasteiger partial charge in [-0.1, -0.05) is 30.7 Å². The van der Waals surface area contributed by atoms with Crippen molar-refractivity contribution in [1.82, 2.24) is 24.0 Å². The maximum Gasteiger partial charge on any atom is 0.339 e. The third-order valence-electron chi connectivity index (χ3n) is 4.77. The summed E-state index contributed by atoms with van der Waals surface area (Å²) in [5.74, 6) is -0.429. The number of anilines is 1. The van der Waals surface area contributed by atoms with Gasteiger partial charge in [-0.2, -0.15) is 9.97 Å². The summed E-state index contributed by atoms with van der Waals surface area (Å²) < 4.78 is 27.2. The van der Waals surface area contributed by atoms with Crippen LogP contribution in [-0.2, 0) is 16.4 Å². The monoisotopic (exact) mass is 466 g/mol. The molecule has 0 atom stereocenters. The lowest BCUT2D eigenvalue weighted by Gasteiger charge is -2.14. The van der Waals surface area contributed by atoms with Crippen molar-refractivity contribution in [2.45, 2.75) is 32.0 Å². The first-order chi connectivity index (χ1) is 14.6. The predicted molar refractivity (Wildman–Crippen MR) is 118 cm³/mol. The van der Waals surface area contributed by atoms with Gasteiger partial charge in [0.1, 0.15) is 5.52 Å². The van der Waals surface area contributed by atoms with Crippen LogP contribution in [0.15, 0.2) is 34.2 Å². The lowest BCUT2D eigenvalue weighted by molar-refractivity contribution is 0.212. The molecule has 2 aromatic heterocycles. The highest BCUT2D eigenvalue weighted by Gasteiger charge is 2.27. The van der Waals surface area contributed by atoms with Gasteiger partial charge in [-0.25, -0.2) is 22.6 Å². The summed E-state index contributed by atoms with van der Waals surface area (Å²) in [6, 6.07) is 6.15. The van der Waals surface area contributed by atoms with Gasteiger partial charge in [0.2, 0.25) is 9.84 Å². The van der Waals surface area contributed by atoms with E-state index in [1.54, 1.807) is 38.1 Å². The molecular formula is C19H23ClN6O4S. The molecular weight excluding hydrogens is 444 g/mol. The zero-order valence-electron chi connectivity index (χ0n) is 17.4. The van der Waals surface area contributed by atoms with E-state index in [4.69, 9.17) is 17.3 Å². The Morgan fingerprint density at radius 3 is 2.42 bits per heavy atom. The molecule has 0 saturated heterocycles. The summed E-state index contributed by atoms with van der Waals surface area (Å²) in [7, 11) is -2.27. The van der Waals surface area contributed by atoms with Crippen LogP contribution < -0.4 is 11.4 Å². The first-order valence-corrected chi connectivity index (χ1v) is 11.6. The fourth-order valence-corrected chi connectivity index (χ4v) is 4.36. The molecule has 0 aliphatic heterocycles. The Hall–Kier alpha value is -2.92. The first-order valence-electron chi connectivity index (χ1n) is 9.62. The van der Waals surface area contributed by atoms with E-state index in [2.05, 4.69) is 9.97 Å². The fourth-order valence-electron chi connectivity index (χ4n) is 3.05. The first kappa shape index (κ1) is 22.8. The number of carbonyl (C=O) groups excluding carboxylic acids is 1. The van der Waals surface area contributed by atoms with Gasteiger partial charge in [-0.05, 0) is 31.0 Å². The second-order valence-corrected chi connectivity index (χ2v) is 9.45. The number of fused-ring (bicyclic) bond motifs is 1. The van der Waals surface area contributed by atoms with Crippen LogP contribution in [0.2, 0.25) is 5.02 Å². The molecule has 0 radical (unpaired) electrons. The molecule has 0 aliphatic rings. The summed E-state index contributed by atoms with van der Waals surface area (Å²) in [6.07, 6.45) is 0.363. The number of benzene rings is 1. The normalized spacial score (nSPS) is 11.7. The van der Waals surface area contributed by atoms with E-state index in [9.17, 15) is 18.0 Å². The number of hydrogen-bond donors (Lipinski definition) is 1. The number of nitrogens with two attached hydrogens (primary N) is 1. The van der Waals surface area contributed by atoms with Gasteiger partial charge in [0, 0.05) is 18.6 Å². The van der Waals surface area contributed by atoms with Crippen LogP contribution in [0.5, 0.6) is 0 Å². The third-order valence-corrected chi connectivity index (χ3v) is 6.71.